The summed E-state index contributed by atoms with van der Waals surface area (Å²) in [4.78, 5) is 9.82. The number of nitrogens with zero attached hydrogens (tertiary/aromatic N) is 1. The van der Waals surface area contributed by atoms with E-state index in [0.717, 1.165) is 12.1 Å². The van der Waals surface area contributed by atoms with Crippen molar-refractivity contribution in [2.45, 2.75) is 54.7 Å². The van der Waals surface area contributed by atoms with Gasteiger partial charge in [-0.15, -0.1) is 0 Å². The first-order chi connectivity index (χ1) is 14.4. The van der Waals surface area contributed by atoms with E-state index in [4.69, 9.17) is 0 Å². The smallest absolute Gasteiger partial charge is 0.373 e. The van der Waals surface area contributed by atoms with Gasteiger partial charge in [0.25, 0.3) is 5.69 Å². The van der Waals surface area contributed by atoms with Crippen LogP contribution in [0.3, 0.4) is 0 Å². The molecule has 0 amide bonds. The summed E-state index contributed by atoms with van der Waals surface area (Å²) in [6.07, 6.45) is -10.3. The molecule has 0 bridgehead atoms. The average Bonchev–Trinajstić information content (AvgIpc) is 2.65. The third-order valence-corrected chi connectivity index (χ3v) is 4.68. The van der Waals surface area contributed by atoms with Crippen LogP contribution in [-0.4, -0.2) is 47.8 Å². The number of hydrogen-bond acceptors (Lipinski definition) is 3. The maximum Gasteiger partial charge on any atom is 0.460 e. The van der Waals surface area contributed by atoms with Gasteiger partial charge in [-0.05, 0) is 13.0 Å². The Morgan fingerprint density at radius 3 is 1.61 bits per heavy atom. The summed E-state index contributed by atoms with van der Waals surface area (Å²) in [5.74, 6) is -37.8. The summed E-state index contributed by atoms with van der Waals surface area (Å²) in [6.45, 7) is 0.417. The predicted molar refractivity (Wildman–Crippen MR) is 82.9 cm³/mol. The molecule has 190 valence electrons. The molecular formula is C16H12F13NO3. The fraction of sp³-hybridized carbons (Fsp3) is 0.625. The molecule has 0 radical (unpaired) electrons. The topological polar surface area (TPSA) is 52.4 Å². The summed E-state index contributed by atoms with van der Waals surface area (Å²) in [5, 5.41) is 11.0. The zero-order valence-corrected chi connectivity index (χ0v) is 16.1. The van der Waals surface area contributed by atoms with Gasteiger partial charge in [0.05, 0.1) is 16.9 Å². The summed E-state index contributed by atoms with van der Waals surface area (Å²) in [5.41, 5.74) is -5.01. The number of halogens is 13. The Kier molecular flexibility index (Phi) is 7.10. The van der Waals surface area contributed by atoms with Crippen molar-refractivity contribution in [3.05, 3.63) is 39.9 Å². The maximum absolute atomic E-state index is 14.3. The van der Waals surface area contributed by atoms with Crippen LogP contribution in [-0.2, 0) is 10.3 Å². The van der Waals surface area contributed by atoms with Gasteiger partial charge in [0.15, 0.2) is 0 Å². The molecule has 0 aliphatic rings. The van der Waals surface area contributed by atoms with E-state index >= 15 is 0 Å². The van der Waals surface area contributed by atoms with Crippen molar-refractivity contribution in [2.75, 3.05) is 7.11 Å². The minimum absolute atomic E-state index is 0.417. The monoisotopic (exact) mass is 513 g/mol. The Bertz CT molecular complexity index is 885. The van der Waals surface area contributed by atoms with E-state index in [9.17, 15) is 67.2 Å². The lowest BCUT2D eigenvalue weighted by Gasteiger charge is -2.41. The molecule has 17 heteroatoms. The average molecular weight is 513 g/mol. The lowest BCUT2D eigenvalue weighted by Crippen LogP contribution is -2.70. The van der Waals surface area contributed by atoms with Gasteiger partial charge in [-0.2, -0.15) is 57.1 Å². The van der Waals surface area contributed by atoms with E-state index < -0.39 is 64.0 Å². The molecule has 0 aliphatic heterocycles. The molecule has 0 aliphatic carbocycles. The number of methoxy groups -OCH3 is 1. The largest absolute Gasteiger partial charge is 0.460 e. The number of alkyl halides is 13. The van der Waals surface area contributed by atoms with Crippen molar-refractivity contribution in [1.82, 2.24) is 0 Å². The molecule has 0 N–H and O–H groups in total. The molecular weight excluding hydrogens is 501 g/mol. The molecule has 1 rings (SSSR count). The molecule has 0 fully saturated rings. The van der Waals surface area contributed by atoms with Crippen LogP contribution in [0.4, 0.5) is 62.8 Å². The molecule has 0 aromatic heterocycles. The third kappa shape index (κ3) is 4.30. The highest BCUT2D eigenvalue weighted by molar-refractivity contribution is 5.44. The first kappa shape index (κ1) is 28.7. The Balaban J connectivity index is 3.62. The van der Waals surface area contributed by atoms with E-state index in [-0.39, 0.29) is 0 Å². The van der Waals surface area contributed by atoms with E-state index in [1.807, 2.05) is 0 Å². The molecule has 0 saturated heterocycles. The van der Waals surface area contributed by atoms with Gasteiger partial charge in [0, 0.05) is 13.2 Å². The zero-order valence-electron chi connectivity index (χ0n) is 16.1. The van der Waals surface area contributed by atoms with Crippen LogP contribution in [0.5, 0.6) is 0 Å². The van der Waals surface area contributed by atoms with Crippen molar-refractivity contribution < 1.29 is 66.7 Å². The number of hydrogen-bond donors (Lipinski definition) is 0. The summed E-state index contributed by atoms with van der Waals surface area (Å²) < 4.78 is 177. The molecule has 0 heterocycles. The SMILES string of the molecule is COC(C)(CC(F)(F)C(F)(F)C(F)(F)C(F)(F)C(F)(F)C(F)(F)F)c1ccccc1[N+](=O)[O-]. The second-order valence-corrected chi connectivity index (χ2v) is 6.89. The van der Waals surface area contributed by atoms with Crippen LogP contribution >= 0.6 is 0 Å². The van der Waals surface area contributed by atoms with Gasteiger partial charge in [0.2, 0.25) is 0 Å². The second kappa shape index (κ2) is 8.16. The lowest BCUT2D eigenvalue weighted by atomic mass is 9.83. The van der Waals surface area contributed by atoms with Crippen LogP contribution in [0.1, 0.15) is 18.9 Å². The standard InChI is InChI=1S/C16H12F13NO3/c1-10(33-2,8-5-3-4-6-9(8)30(31)32)7-11(17,18)12(19,20)13(21,22)14(23,24)15(25,26)16(27,28)29/h3-6H,7H2,1-2H3. The molecule has 4 nitrogen and oxygen atoms in total. The first-order valence-corrected chi connectivity index (χ1v) is 8.19. The summed E-state index contributed by atoms with van der Waals surface area (Å²) in [7, 11) is 0.482. The van der Waals surface area contributed by atoms with Crippen LogP contribution in [0.25, 0.3) is 0 Å². The van der Waals surface area contributed by atoms with Gasteiger partial charge < -0.3 is 4.74 Å². The van der Waals surface area contributed by atoms with E-state index in [2.05, 4.69) is 4.74 Å². The normalized spacial score (nSPS) is 16.5. The zero-order chi connectivity index (χ0) is 26.5. The van der Waals surface area contributed by atoms with Gasteiger partial charge in [0.1, 0.15) is 5.60 Å². The van der Waals surface area contributed by atoms with Crippen LogP contribution < -0.4 is 0 Å². The minimum atomic E-state index is -8.03. The van der Waals surface area contributed by atoms with Gasteiger partial charge in [-0.3, -0.25) is 10.1 Å². The summed E-state index contributed by atoms with van der Waals surface area (Å²) >= 11 is 0. The summed E-state index contributed by atoms with van der Waals surface area (Å²) in [6, 6.07) is 3.21. The van der Waals surface area contributed by atoms with Gasteiger partial charge in [-0.1, -0.05) is 12.1 Å². The van der Waals surface area contributed by atoms with Crippen molar-refractivity contribution >= 4 is 5.69 Å². The van der Waals surface area contributed by atoms with Crippen LogP contribution in [0.15, 0.2) is 24.3 Å². The molecule has 33 heavy (non-hydrogen) atoms. The number of rotatable bonds is 9. The highest BCUT2D eigenvalue weighted by Crippen LogP contribution is 2.61. The fourth-order valence-corrected chi connectivity index (χ4v) is 2.69. The molecule has 0 spiro atoms. The van der Waals surface area contributed by atoms with Crippen molar-refractivity contribution in [1.29, 1.82) is 0 Å². The second-order valence-electron chi connectivity index (χ2n) is 6.89. The third-order valence-electron chi connectivity index (χ3n) is 4.68. The number of nitro groups is 1. The molecule has 0 saturated carbocycles. The maximum atomic E-state index is 14.3. The highest BCUT2D eigenvalue weighted by atomic mass is 19.4. The first-order valence-electron chi connectivity index (χ1n) is 8.19. The van der Waals surface area contributed by atoms with E-state index in [1.54, 1.807) is 0 Å². The Morgan fingerprint density at radius 2 is 1.21 bits per heavy atom. The van der Waals surface area contributed by atoms with Crippen LogP contribution in [0, 0.1) is 10.1 Å². The molecule has 1 aromatic rings. The molecule has 1 unspecified atom stereocenters. The van der Waals surface area contributed by atoms with E-state index in [1.165, 1.54) is 0 Å². The number of benzene rings is 1. The Hall–Kier alpha value is -2.33. The number of nitro benzene ring substituents is 1. The van der Waals surface area contributed by atoms with E-state index in [0.29, 0.717) is 26.2 Å². The predicted octanol–water partition coefficient (Wildman–Crippen LogP) is 6.59. The van der Waals surface area contributed by atoms with Crippen LogP contribution in [0.2, 0.25) is 0 Å². The molecule has 1 aromatic carbocycles. The Labute approximate surface area is 175 Å². The lowest BCUT2D eigenvalue weighted by molar-refractivity contribution is -0.441. The van der Waals surface area contributed by atoms with Crippen molar-refractivity contribution in [3.63, 3.8) is 0 Å². The van der Waals surface area contributed by atoms with Crippen molar-refractivity contribution in [3.8, 4) is 0 Å². The quantitative estimate of drug-likeness (QED) is 0.213. The highest BCUT2D eigenvalue weighted by Gasteiger charge is 2.90. The fourth-order valence-electron chi connectivity index (χ4n) is 2.69. The number of ether oxygens (including phenoxy) is 1. The number of para-hydroxylation sites is 1. The van der Waals surface area contributed by atoms with Crippen molar-refractivity contribution in [2.24, 2.45) is 0 Å². The minimum Gasteiger partial charge on any atom is -0.373 e. The van der Waals surface area contributed by atoms with Gasteiger partial charge in [-0.25, -0.2) is 0 Å². The Morgan fingerprint density at radius 1 is 0.788 bits per heavy atom. The van der Waals surface area contributed by atoms with Gasteiger partial charge >= 0.3 is 35.8 Å². The molecule has 1 atom stereocenters.